The van der Waals surface area contributed by atoms with Crippen molar-refractivity contribution in [3.05, 3.63) is 40.7 Å². The number of carbonyl (C=O) groups is 1. The maximum absolute atomic E-state index is 12.4. The first-order valence-electron chi connectivity index (χ1n) is 9.01. The van der Waals surface area contributed by atoms with Crippen molar-refractivity contribution >= 4 is 23.4 Å². The molecule has 3 rings (SSSR count). The van der Waals surface area contributed by atoms with E-state index in [4.69, 9.17) is 4.98 Å². The number of aromatic nitrogens is 2. The standard InChI is InChI=1S/C20H27N3OS/c1-13-9-10-18(14(2)11-13)22-19(24)12-25-20-21-15(3)16(4)23(20)17-7-5-6-8-17/h9-11,17H,5-8,12H2,1-4H3,(H,22,24). The third kappa shape index (κ3) is 4.09. The summed E-state index contributed by atoms with van der Waals surface area (Å²) >= 11 is 1.55. The zero-order chi connectivity index (χ0) is 18.0. The summed E-state index contributed by atoms with van der Waals surface area (Å²) in [5.41, 5.74) is 5.50. The van der Waals surface area contributed by atoms with Gasteiger partial charge in [-0.1, -0.05) is 42.3 Å². The SMILES string of the molecule is Cc1ccc(NC(=O)CSc2nc(C)c(C)n2C2CCCC2)c(C)c1. The van der Waals surface area contributed by atoms with Gasteiger partial charge in [-0.15, -0.1) is 0 Å². The van der Waals surface area contributed by atoms with E-state index in [9.17, 15) is 4.79 Å². The number of thioether (sulfide) groups is 1. The van der Waals surface area contributed by atoms with Crippen LogP contribution in [0.4, 0.5) is 5.69 Å². The Balaban J connectivity index is 1.67. The molecule has 1 aromatic heterocycles. The van der Waals surface area contributed by atoms with Crippen LogP contribution in [0.2, 0.25) is 0 Å². The molecule has 1 N–H and O–H groups in total. The van der Waals surface area contributed by atoms with Crippen molar-refractivity contribution in [1.82, 2.24) is 9.55 Å². The van der Waals surface area contributed by atoms with Gasteiger partial charge in [0.05, 0.1) is 11.4 Å². The number of rotatable bonds is 5. The zero-order valence-corrected chi connectivity index (χ0v) is 16.4. The number of aryl methyl sites for hydroxylation is 3. The van der Waals surface area contributed by atoms with Gasteiger partial charge in [0.25, 0.3) is 0 Å². The van der Waals surface area contributed by atoms with Crippen LogP contribution >= 0.6 is 11.8 Å². The molecule has 134 valence electrons. The summed E-state index contributed by atoms with van der Waals surface area (Å²) in [6.07, 6.45) is 5.02. The van der Waals surface area contributed by atoms with Gasteiger partial charge in [0.1, 0.15) is 0 Å². The Morgan fingerprint density at radius 3 is 2.64 bits per heavy atom. The molecule has 0 unspecified atom stereocenters. The van der Waals surface area contributed by atoms with E-state index in [1.54, 1.807) is 11.8 Å². The van der Waals surface area contributed by atoms with Crippen LogP contribution in [-0.4, -0.2) is 21.2 Å². The highest BCUT2D eigenvalue weighted by atomic mass is 32.2. The first-order chi connectivity index (χ1) is 12.0. The van der Waals surface area contributed by atoms with E-state index >= 15 is 0 Å². The molecule has 1 fully saturated rings. The van der Waals surface area contributed by atoms with Crippen molar-refractivity contribution in [3.63, 3.8) is 0 Å². The number of anilines is 1. The van der Waals surface area contributed by atoms with Gasteiger partial charge in [-0.05, 0) is 52.2 Å². The van der Waals surface area contributed by atoms with Crippen LogP contribution < -0.4 is 5.32 Å². The van der Waals surface area contributed by atoms with Gasteiger partial charge in [-0.2, -0.15) is 0 Å². The zero-order valence-electron chi connectivity index (χ0n) is 15.6. The molecule has 0 saturated heterocycles. The quantitative estimate of drug-likeness (QED) is 0.769. The van der Waals surface area contributed by atoms with Gasteiger partial charge in [-0.3, -0.25) is 4.79 Å². The minimum atomic E-state index is 0.0215. The summed E-state index contributed by atoms with van der Waals surface area (Å²) in [7, 11) is 0. The molecule has 0 bridgehead atoms. The molecule has 4 nitrogen and oxygen atoms in total. The fourth-order valence-electron chi connectivity index (χ4n) is 3.56. The molecule has 5 heteroatoms. The first kappa shape index (κ1) is 18.1. The maximum Gasteiger partial charge on any atom is 0.234 e. The molecule has 1 aliphatic rings. The van der Waals surface area contributed by atoms with Crippen molar-refractivity contribution in [2.24, 2.45) is 0 Å². The molecule has 1 aromatic carbocycles. The smallest absolute Gasteiger partial charge is 0.234 e. The van der Waals surface area contributed by atoms with E-state index in [1.165, 1.54) is 36.9 Å². The van der Waals surface area contributed by atoms with Crippen molar-refractivity contribution in [2.75, 3.05) is 11.1 Å². The summed E-state index contributed by atoms with van der Waals surface area (Å²) in [4.78, 5) is 17.1. The summed E-state index contributed by atoms with van der Waals surface area (Å²) in [6.45, 7) is 8.28. The largest absolute Gasteiger partial charge is 0.325 e. The fourth-order valence-corrected chi connectivity index (χ4v) is 4.52. The second kappa shape index (κ2) is 7.65. The number of carbonyl (C=O) groups excluding carboxylic acids is 1. The van der Waals surface area contributed by atoms with Crippen molar-refractivity contribution in [3.8, 4) is 0 Å². The molecular formula is C20H27N3OS. The average Bonchev–Trinajstić information content (AvgIpc) is 3.17. The predicted molar refractivity (Wildman–Crippen MR) is 104 cm³/mol. The first-order valence-corrected chi connectivity index (χ1v) is 9.99. The topological polar surface area (TPSA) is 46.9 Å². The van der Waals surface area contributed by atoms with Crippen LogP contribution in [-0.2, 0) is 4.79 Å². The van der Waals surface area contributed by atoms with E-state index in [0.29, 0.717) is 11.8 Å². The molecule has 0 radical (unpaired) electrons. The Morgan fingerprint density at radius 2 is 1.96 bits per heavy atom. The summed E-state index contributed by atoms with van der Waals surface area (Å²) in [5, 5.41) is 4.01. The molecule has 0 spiro atoms. The van der Waals surface area contributed by atoms with Gasteiger partial charge in [0.15, 0.2) is 5.16 Å². The lowest BCUT2D eigenvalue weighted by atomic mass is 10.1. The lowest BCUT2D eigenvalue weighted by Crippen LogP contribution is -2.16. The number of nitrogens with one attached hydrogen (secondary N) is 1. The molecule has 0 aliphatic heterocycles. The Hall–Kier alpha value is -1.75. The lowest BCUT2D eigenvalue weighted by molar-refractivity contribution is -0.113. The van der Waals surface area contributed by atoms with Crippen molar-refractivity contribution in [2.45, 2.75) is 64.6 Å². The number of amides is 1. The molecule has 25 heavy (non-hydrogen) atoms. The van der Waals surface area contributed by atoms with Gasteiger partial charge < -0.3 is 9.88 Å². The van der Waals surface area contributed by atoms with Crippen LogP contribution in [0.25, 0.3) is 0 Å². The van der Waals surface area contributed by atoms with Crippen LogP contribution in [0.1, 0.15) is 54.2 Å². The summed E-state index contributed by atoms with van der Waals surface area (Å²) < 4.78 is 2.36. The fraction of sp³-hybridized carbons (Fsp3) is 0.500. The molecule has 1 aliphatic carbocycles. The Bertz CT molecular complexity index is 775. The third-order valence-corrected chi connectivity index (χ3v) is 5.99. The van der Waals surface area contributed by atoms with E-state index in [2.05, 4.69) is 36.7 Å². The van der Waals surface area contributed by atoms with Gasteiger partial charge in [-0.25, -0.2) is 4.98 Å². The van der Waals surface area contributed by atoms with E-state index in [0.717, 1.165) is 22.1 Å². The normalized spacial score (nSPS) is 14.9. The second-order valence-corrected chi connectivity index (χ2v) is 7.97. The predicted octanol–water partition coefficient (Wildman–Crippen LogP) is 4.96. The molecular weight excluding hydrogens is 330 g/mol. The molecule has 1 heterocycles. The minimum Gasteiger partial charge on any atom is -0.325 e. The molecule has 1 amide bonds. The highest BCUT2D eigenvalue weighted by Gasteiger charge is 2.23. The molecule has 2 aromatic rings. The molecule has 0 atom stereocenters. The Morgan fingerprint density at radius 1 is 1.24 bits per heavy atom. The summed E-state index contributed by atoms with van der Waals surface area (Å²) in [6, 6.07) is 6.63. The van der Waals surface area contributed by atoms with E-state index in [-0.39, 0.29) is 5.91 Å². The Labute approximate surface area is 154 Å². The Kier molecular flexibility index (Phi) is 5.52. The second-order valence-electron chi connectivity index (χ2n) is 7.03. The maximum atomic E-state index is 12.4. The minimum absolute atomic E-state index is 0.0215. The molecule has 1 saturated carbocycles. The highest BCUT2D eigenvalue weighted by molar-refractivity contribution is 7.99. The van der Waals surface area contributed by atoms with E-state index in [1.807, 2.05) is 19.1 Å². The highest BCUT2D eigenvalue weighted by Crippen LogP contribution is 2.35. The summed E-state index contributed by atoms with van der Waals surface area (Å²) in [5.74, 6) is 0.406. The monoisotopic (exact) mass is 357 g/mol. The third-order valence-electron chi connectivity index (χ3n) is 5.03. The lowest BCUT2D eigenvalue weighted by Gasteiger charge is -2.17. The van der Waals surface area contributed by atoms with Gasteiger partial charge >= 0.3 is 0 Å². The van der Waals surface area contributed by atoms with Crippen LogP contribution in [0.5, 0.6) is 0 Å². The van der Waals surface area contributed by atoms with Crippen LogP contribution in [0, 0.1) is 27.7 Å². The number of imidazole rings is 1. The van der Waals surface area contributed by atoms with Crippen LogP contribution in [0.3, 0.4) is 0 Å². The number of benzene rings is 1. The number of nitrogens with zero attached hydrogens (tertiary/aromatic N) is 2. The van der Waals surface area contributed by atoms with Gasteiger partial charge in [0, 0.05) is 17.4 Å². The van der Waals surface area contributed by atoms with Gasteiger partial charge in [0.2, 0.25) is 5.91 Å². The average molecular weight is 358 g/mol. The van der Waals surface area contributed by atoms with Crippen molar-refractivity contribution in [1.29, 1.82) is 0 Å². The van der Waals surface area contributed by atoms with Crippen molar-refractivity contribution < 1.29 is 4.79 Å². The number of hydrogen-bond donors (Lipinski definition) is 1. The number of hydrogen-bond acceptors (Lipinski definition) is 3. The van der Waals surface area contributed by atoms with Crippen LogP contribution in [0.15, 0.2) is 23.4 Å². The van der Waals surface area contributed by atoms with E-state index < -0.39 is 0 Å².